The monoisotopic (exact) mass is 335 g/mol. The third kappa shape index (κ3) is 3.75. The summed E-state index contributed by atoms with van der Waals surface area (Å²) in [5, 5.41) is 6.53. The van der Waals surface area contributed by atoms with Crippen LogP contribution in [0.25, 0.3) is 0 Å². The summed E-state index contributed by atoms with van der Waals surface area (Å²) in [4.78, 5) is 13.5. The van der Waals surface area contributed by atoms with Crippen molar-refractivity contribution < 1.29 is 17.9 Å². The van der Waals surface area contributed by atoms with Gasteiger partial charge in [-0.25, -0.2) is 8.42 Å². The highest BCUT2D eigenvalue weighted by molar-refractivity contribution is 8.13. The Kier molecular flexibility index (Phi) is 4.90. The Bertz CT molecular complexity index is 624. The third-order valence-electron chi connectivity index (χ3n) is 3.30. The van der Waals surface area contributed by atoms with Crippen LogP contribution < -0.4 is 0 Å². The van der Waals surface area contributed by atoms with Gasteiger partial charge in [0.2, 0.25) is 0 Å². The maximum Gasteiger partial charge on any atom is 0.275 e. The first-order chi connectivity index (χ1) is 9.86. The fourth-order valence-electron chi connectivity index (χ4n) is 2.01. The SMILES string of the molecule is CCOCCN(C)C(=O)c1n[nH]c(C2CC2)c1S(=O)(=O)Cl. The Labute approximate surface area is 128 Å². The Morgan fingerprint density at radius 1 is 1.52 bits per heavy atom. The lowest BCUT2D eigenvalue weighted by Gasteiger charge is -2.16. The molecule has 0 spiro atoms. The summed E-state index contributed by atoms with van der Waals surface area (Å²) in [6.07, 6.45) is 1.74. The number of carbonyl (C=O) groups is 1. The molecule has 1 aromatic heterocycles. The van der Waals surface area contributed by atoms with Crippen LogP contribution in [0.2, 0.25) is 0 Å². The highest BCUT2D eigenvalue weighted by atomic mass is 35.7. The topological polar surface area (TPSA) is 92.4 Å². The highest BCUT2D eigenvalue weighted by Crippen LogP contribution is 2.43. The first kappa shape index (κ1) is 16.3. The van der Waals surface area contributed by atoms with E-state index in [2.05, 4.69) is 10.2 Å². The molecule has 0 saturated heterocycles. The van der Waals surface area contributed by atoms with Crippen molar-refractivity contribution in [1.82, 2.24) is 15.1 Å². The summed E-state index contributed by atoms with van der Waals surface area (Å²) < 4.78 is 28.7. The lowest BCUT2D eigenvalue weighted by atomic mass is 10.2. The molecular formula is C12H18ClN3O4S. The van der Waals surface area contributed by atoms with E-state index in [0.29, 0.717) is 25.5 Å². The predicted molar refractivity (Wildman–Crippen MR) is 77.1 cm³/mol. The zero-order valence-corrected chi connectivity index (χ0v) is 13.5. The number of hydrogen-bond donors (Lipinski definition) is 1. The summed E-state index contributed by atoms with van der Waals surface area (Å²) in [6, 6.07) is 0. The lowest BCUT2D eigenvalue weighted by Crippen LogP contribution is -2.31. The van der Waals surface area contributed by atoms with Crippen LogP contribution in [0.15, 0.2) is 4.90 Å². The number of rotatable bonds is 7. The van der Waals surface area contributed by atoms with E-state index in [-0.39, 0.29) is 16.5 Å². The number of nitrogens with one attached hydrogen (secondary N) is 1. The van der Waals surface area contributed by atoms with E-state index in [4.69, 9.17) is 15.4 Å². The highest BCUT2D eigenvalue weighted by Gasteiger charge is 2.37. The molecule has 1 aromatic rings. The average Bonchev–Trinajstić information content (AvgIpc) is 3.15. The second-order valence-corrected chi connectivity index (χ2v) is 7.45. The molecule has 9 heteroatoms. The summed E-state index contributed by atoms with van der Waals surface area (Å²) >= 11 is 0. The maximum absolute atomic E-state index is 12.3. The van der Waals surface area contributed by atoms with Crippen LogP contribution in [-0.4, -0.2) is 56.2 Å². The summed E-state index contributed by atoms with van der Waals surface area (Å²) in [7, 11) is 3.01. The Hall–Kier alpha value is -1.12. The van der Waals surface area contributed by atoms with Crippen LogP contribution in [0.4, 0.5) is 0 Å². The molecule has 0 unspecified atom stereocenters. The molecule has 1 aliphatic rings. The van der Waals surface area contributed by atoms with Crippen molar-refractivity contribution in [1.29, 1.82) is 0 Å². The Morgan fingerprint density at radius 2 is 2.19 bits per heavy atom. The largest absolute Gasteiger partial charge is 0.380 e. The number of aromatic amines is 1. The van der Waals surface area contributed by atoms with Crippen molar-refractivity contribution in [3.05, 3.63) is 11.4 Å². The molecule has 1 fully saturated rings. The van der Waals surface area contributed by atoms with Gasteiger partial charge in [-0.1, -0.05) is 0 Å². The molecule has 1 saturated carbocycles. The second-order valence-electron chi connectivity index (χ2n) is 4.95. The summed E-state index contributed by atoms with van der Waals surface area (Å²) in [5.74, 6) is -0.395. The van der Waals surface area contributed by atoms with E-state index in [9.17, 15) is 13.2 Å². The number of H-pyrrole nitrogens is 1. The molecule has 0 atom stereocenters. The first-order valence-corrected chi connectivity index (χ1v) is 9.03. The van der Waals surface area contributed by atoms with E-state index in [1.165, 1.54) is 4.90 Å². The summed E-state index contributed by atoms with van der Waals surface area (Å²) in [5.41, 5.74) is 0.289. The van der Waals surface area contributed by atoms with Crippen molar-refractivity contribution in [2.75, 3.05) is 26.8 Å². The van der Waals surface area contributed by atoms with Crippen LogP contribution in [0.1, 0.15) is 41.9 Å². The lowest BCUT2D eigenvalue weighted by molar-refractivity contribution is 0.0701. The number of nitrogens with zero attached hydrogens (tertiary/aromatic N) is 2. The van der Waals surface area contributed by atoms with Crippen molar-refractivity contribution in [2.45, 2.75) is 30.6 Å². The molecule has 0 aliphatic heterocycles. The van der Waals surface area contributed by atoms with Gasteiger partial charge in [0.25, 0.3) is 15.0 Å². The molecule has 118 valence electrons. The van der Waals surface area contributed by atoms with Crippen LogP contribution >= 0.6 is 10.7 Å². The van der Waals surface area contributed by atoms with E-state index >= 15 is 0 Å². The van der Waals surface area contributed by atoms with Gasteiger partial charge < -0.3 is 9.64 Å². The number of likely N-dealkylation sites (N-methyl/N-ethyl adjacent to an activating group) is 1. The van der Waals surface area contributed by atoms with E-state index < -0.39 is 15.0 Å². The molecule has 1 amide bonds. The molecule has 0 bridgehead atoms. The third-order valence-corrected chi connectivity index (χ3v) is 4.67. The van der Waals surface area contributed by atoms with Gasteiger partial charge in [0, 0.05) is 36.8 Å². The predicted octanol–water partition coefficient (Wildman–Crippen LogP) is 1.32. The van der Waals surface area contributed by atoms with Gasteiger partial charge in [0.1, 0.15) is 4.90 Å². The van der Waals surface area contributed by atoms with E-state index in [0.717, 1.165) is 12.8 Å². The van der Waals surface area contributed by atoms with Gasteiger partial charge in [-0.2, -0.15) is 5.10 Å². The molecule has 21 heavy (non-hydrogen) atoms. The Morgan fingerprint density at radius 3 is 2.71 bits per heavy atom. The molecule has 2 rings (SSSR count). The van der Waals surface area contributed by atoms with Crippen molar-refractivity contribution in [3.8, 4) is 0 Å². The zero-order valence-electron chi connectivity index (χ0n) is 11.9. The van der Waals surface area contributed by atoms with Crippen LogP contribution in [-0.2, 0) is 13.8 Å². The van der Waals surface area contributed by atoms with Crippen LogP contribution in [0.5, 0.6) is 0 Å². The standard InChI is InChI=1S/C12H18ClN3O4S/c1-3-20-7-6-16(2)12(17)10-11(21(13,18)19)9(14-15-10)8-4-5-8/h8H,3-7H2,1-2H3,(H,14,15). The van der Waals surface area contributed by atoms with E-state index in [1.807, 2.05) is 6.92 Å². The minimum atomic E-state index is -4.03. The Balaban J connectivity index is 2.25. The molecule has 0 aromatic carbocycles. The molecule has 1 heterocycles. The molecule has 0 radical (unpaired) electrons. The molecule has 1 aliphatic carbocycles. The molecule has 1 N–H and O–H groups in total. The number of ether oxygens (including phenoxy) is 1. The molecular weight excluding hydrogens is 318 g/mol. The minimum Gasteiger partial charge on any atom is -0.380 e. The smallest absolute Gasteiger partial charge is 0.275 e. The number of carbonyl (C=O) groups excluding carboxylic acids is 1. The van der Waals surface area contributed by atoms with E-state index in [1.54, 1.807) is 7.05 Å². The quantitative estimate of drug-likeness (QED) is 0.599. The molecule has 7 nitrogen and oxygen atoms in total. The summed E-state index contributed by atoms with van der Waals surface area (Å²) in [6.45, 7) is 3.13. The van der Waals surface area contributed by atoms with Gasteiger partial charge in [0.05, 0.1) is 12.3 Å². The van der Waals surface area contributed by atoms with Crippen LogP contribution in [0, 0.1) is 0 Å². The number of aromatic nitrogens is 2. The van der Waals surface area contributed by atoms with Crippen molar-refractivity contribution in [3.63, 3.8) is 0 Å². The number of hydrogen-bond acceptors (Lipinski definition) is 5. The fraction of sp³-hybridized carbons (Fsp3) is 0.667. The van der Waals surface area contributed by atoms with Crippen LogP contribution in [0.3, 0.4) is 0 Å². The first-order valence-electron chi connectivity index (χ1n) is 6.72. The van der Waals surface area contributed by atoms with Crippen molar-refractivity contribution in [2.24, 2.45) is 0 Å². The number of halogens is 1. The second kappa shape index (κ2) is 6.33. The van der Waals surface area contributed by atoms with Gasteiger partial charge in [-0.05, 0) is 19.8 Å². The number of amides is 1. The van der Waals surface area contributed by atoms with Gasteiger partial charge in [-0.15, -0.1) is 0 Å². The van der Waals surface area contributed by atoms with Gasteiger partial charge in [-0.3, -0.25) is 9.89 Å². The van der Waals surface area contributed by atoms with Crippen molar-refractivity contribution >= 4 is 25.6 Å². The fourth-order valence-corrected chi connectivity index (χ4v) is 3.32. The zero-order chi connectivity index (χ0) is 15.6. The van der Waals surface area contributed by atoms with Gasteiger partial charge in [0.15, 0.2) is 5.69 Å². The minimum absolute atomic E-state index is 0.0938. The van der Waals surface area contributed by atoms with Gasteiger partial charge >= 0.3 is 0 Å². The normalized spacial score (nSPS) is 15.2. The maximum atomic E-state index is 12.3. The average molecular weight is 336 g/mol.